The molecule has 0 aliphatic carbocycles. The lowest BCUT2D eigenvalue weighted by atomic mass is 10.0. The number of rotatable bonds is 5. The van der Waals surface area contributed by atoms with Crippen molar-refractivity contribution in [3.63, 3.8) is 0 Å². The van der Waals surface area contributed by atoms with Gasteiger partial charge in [0.15, 0.2) is 9.84 Å². The fraction of sp³-hybridized carbons (Fsp3) is 0.500. The molecule has 0 saturated heterocycles. The molecule has 17 heavy (non-hydrogen) atoms. The summed E-state index contributed by atoms with van der Waals surface area (Å²) in [6.07, 6.45) is -0.639. The van der Waals surface area contributed by atoms with Gasteiger partial charge in [-0.15, -0.1) is 0 Å². The average molecular weight is 257 g/mol. The zero-order valence-electron chi connectivity index (χ0n) is 10.1. The standard InChI is InChI=1S/C12H19NO3S/c1-3-11(17(15,16)4-2)12(14)9-6-5-7-10(13)8-9/h5-8,11-12,14H,3-4,13H2,1-2H3/t11-,12+/m1/s1. The molecule has 0 spiro atoms. The van der Waals surface area contributed by atoms with E-state index in [0.717, 1.165) is 0 Å². The Kier molecular flexibility index (Phi) is 4.54. The molecule has 0 bridgehead atoms. The Morgan fingerprint density at radius 3 is 2.47 bits per heavy atom. The molecule has 1 aromatic carbocycles. The zero-order valence-corrected chi connectivity index (χ0v) is 10.9. The highest BCUT2D eigenvalue weighted by Gasteiger charge is 2.30. The summed E-state index contributed by atoms with van der Waals surface area (Å²) in [5, 5.41) is 9.37. The summed E-state index contributed by atoms with van der Waals surface area (Å²) in [6, 6.07) is 6.71. The van der Waals surface area contributed by atoms with E-state index in [1.54, 1.807) is 38.1 Å². The minimum Gasteiger partial charge on any atom is -0.399 e. The van der Waals surface area contributed by atoms with E-state index < -0.39 is 21.2 Å². The molecule has 0 radical (unpaired) electrons. The highest BCUT2D eigenvalue weighted by Crippen LogP contribution is 2.26. The zero-order chi connectivity index (χ0) is 13.1. The number of nitrogen functional groups attached to an aromatic ring is 1. The van der Waals surface area contributed by atoms with Gasteiger partial charge in [-0.1, -0.05) is 26.0 Å². The largest absolute Gasteiger partial charge is 0.399 e. The third kappa shape index (κ3) is 3.20. The second-order valence-electron chi connectivity index (χ2n) is 4.01. The van der Waals surface area contributed by atoms with Gasteiger partial charge in [0, 0.05) is 11.4 Å². The maximum Gasteiger partial charge on any atom is 0.155 e. The fourth-order valence-electron chi connectivity index (χ4n) is 1.85. The molecule has 0 aromatic heterocycles. The Bertz CT molecular complexity index is 470. The third-order valence-electron chi connectivity index (χ3n) is 2.87. The van der Waals surface area contributed by atoms with Crippen molar-refractivity contribution in [2.75, 3.05) is 11.5 Å². The van der Waals surface area contributed by atoms with Crippen LogP contribution in [0.3, 0.4) is 0 Å². The summed E-state index contributed by atoms with van der Waals surface area (Å²) in [4.78, 5) is 0. The van der Waals surface area contributed by atoms with Crippen LogP contribution in [0.15, 0.2) is 24.3 Å². The Morgan fingerprint density at radius 1 is 1.35 bits per heavy atom. The van der Waals surface area contributed by atoms with Crippen LogP contribution in [0.1, 0.15) is 31.9 Å². The second kappa shape index (κ2) is 5.51. The Labute approximate surface area is 102 Å². The molecule has 4 nitrogen and oxygen atoms in total. The number of hydrogen-bond acceptors (Lipinski definition) is 4. The topological polar surface area (TPSA) is 80.4 Å². The lowest BCUT2D eigenvalue weighted by Crippen LogP contribution is -2.29. The van der Waals surface area contributed by atoms with E-state index in [1.807, 2.05) is 0 Å². The average Bonchev–Trinajstić information content (AvgIpc) is 2.29. The van der Waals surface area contributed by atoms with Crippen LogP contribution in [0.4, 0.5) is 5.69 Å². The number of nitrogens with two attached hydrogens (primary N) is 1. The monoisotopic (exact) mass is 257 g/mol. The summed E-state index contributed by atoms with van der Waals surface area (Å²) in [6.45, 7) is 3.34. The summed E-state index contributed by atoms with van der Waals surface area (Å²) < 4.78 is 23.7. The molecule has 96 valence electrons. The number of sulfone groups is 1. The normalized spacial score (nSPS) is 15.5. The Balaban J connectivity index is 3.06. The van der Waals surface area contributed by atoms with E-state index in [4.69, 9.17) is 5.73 Å². The summed E-state index contributed by atoms with van der Waals surface area (Å²) >= 11 is 0. The van der Waals surface area contributed by atoms with Crippen LogP contribution in [0.2, 0.25) is 0 Å². The van der Waals surface area contributed by atoms with Crippen LogP contribution < -0.4 is 5.73 Å². The molecule has 0 unspecified atom stereocenters. The molecule has 0 aliphatic rings. The van der Waals surface area contributed by atoms with Crippen molar-refractivity contribution in [3.05, 3.63) is 29.8 Å². The summed E-state index contributed by atoms with van der Waals surface area (Å²) in [5.74, 6) is 0.0326. The number of aliphatic hydroxyl groups is 1. The maximum atomic E-state index is 11.8. The van der Waals surface area contributed by atoms with Gasteiger partial charge >= 0.3 is 0 Å². The lowest BCUT2D eigenvalue weighted by molar-refractivity contribution is 0.169. The van der Waals surface area contributed by atoms with Gasteiger partial charge in [-0.05, 0) is 24.1 Å². The highest BCUT2D eigenvalue weighted by atomic mass is 32.2. The Morgan fingerprint density at radius 2 is 2.00 bits per heavy atom. The van der Waals surface area contributed by atoms with Crippen LogP contribution in [-0.2, 0) is 9.84 Å². The van der Waals surface area contributed by atoms with Gasteiger partial charge in [-0.3, -0.25) is 0 Å². The molecule has 0 aliphatic heterocycles. The first-order chi connectivity index (χ1) is 7.92. The summed E-state index contributed by atoms with van der Waals surface area (Å²) in [7, 11) is -3.26. The first kappa shape index (κ1) is 14.0. The molecule has 0 fully saturated rings. The van der Waals surface area contributed by atoms with Gasteiger partial charge < -0.3 is 10.8 Å². The molecular formula is C12H19NO3S. The molecule has 3 N–H and O–H groups in total. The van der Waals surface area contributed by atoms with Crippen LogP contribution in [0.5, 0.6) is 0 Å². The van der Waals surface area contributed by atoms with E-state index in [0.29, 0.717) is 17.7 Å². The van der Waals surface area contributed by atoms with E-state index >= 15 is 0 Å². The molecule has 1 rings (SSSR count). The number of aliphatic hydroxyl groups excluding tert-OH is 1. The van der Waals surface area contributed by atoms with Crippen LogP contribution in [-0.4, -0.2) is 24.5 Å². The van der Waals surface area contributed by atoms with Crippen molar-refractivity contribution >= 4 is 15.5 Å². The van der Waals surface area contributed by atoms with E-state index in [9.17, 15) is 13.5 Å². The fourth-order valence-corrected chi connectivity index (χ4v) is 3.33. The van der Waals surface area contributed by atoms with Gasteiger partial charge in [-0.25, -0.2) is 8.42 Å². The van der Waals surface area contributed by atoms with Gasteiger partial charge in [0.25, 0.3) is 0 Å². The first-order valence-electron chi connectivity index (χ1n) is 5.67. The maximum absolute atomic E-state index is 11.8. The SMILES string of the molecule is CC[C@H]([C@@H](O)c1cccc(N)c1)S(=O)(=O)CC. The number of hydrogen-bond donors (Lipinski definition) is 2. The van der Waals surface area contributed by atoms with Gasteiger partial charge in [0.1, 0.15) is 0 Å². The quantitative estimate of drug-likeness (QED) is 0.784. The Hall–Kier alpha value is -1.07. The first-order valence-corrected chi connectivity index (χ1v) is 7.39. The van der Waals surface area contributed by atoms with Crippen molar-refractivity contribution in [1.29, 1.82) is 0 Å². The predicted molar refractivity (Wildman–Crippen MR) is 69.4 cm³/mol. The molecule has 0 saturated carbocycles. The molecule has 0 amide bonds. The number of benzene rings is 1. The highest BCUT2D eigenvalue weighted by molar-refractivity contribution is 7.92. The van der Waals surface area contributed by atoms with Gasteiger partial charge in [0.2, 0.25) is 0 Å². The van der Waals surface area contributed by atoms with Gasteiger partial charge in [-0.2, -0.15) is 0 Å². The van der Waals surface area contributed by atoms with Crippen molar-refractivity contribution in [2.45, 2.75) is 31.6 Å². The van der Waals surface area contributed by atoms with E-state index in [2.05, 4.69) is 0 Å². The molecule has 1 aromatic rings. The minimum atomic E-state index is -3.26. The molecular weight excluding hydrogens is 238 g/mol. The second-order valence-corrected chi connectivity index (χ2v) is 6.52. The number of anilines is 1. The van der Waals surface area contributed by atoms with Crippen molar-refractivity contribution in [2.24, 2.45) is 0 Å². The van der Waals surface area contributed by atoms with E-state index in [-0.39, 0.29) is 5.75 Å². The minimum absolute atomic E-state index is 0.0326. The van der Waals surface area contributed by atoms with Gasteiger partial charge in [0.05, 0.1) is 11.4 Å². The van der Waals surface area contributed by atoms with Crippen molar-refractivity contribution in [3.8, 4) is 0 Å². The third-order valence-corrected chi connectivity index (χ3v) is 5.19. The van der Waals surface area contributed by atoms with Crippen molar-refractivity contribution < 1.29 is 13.5 Å². The van der Waals surface area contributed by atoms with Crippen LogP contribution in [0.25, 0.3) is 0 Å². The van der Waals surface area contributed by atoms with E-state index in [1.165, 1.54) is 0 Å². The van der Waals surface area contributed by atoms with Crippen LogP contribution in [0, 0.1) is 0 Å². The molecule has 2 atom stereocenters. The summed E-state index contributed by atoms with van der Waals surface area (Å²) in [5.41, 5.74) is 6.69. The van der Waals surface area contributed by atoms with Crippen LogP contribution >= 0.6 is 0 Å². The smallest absolute Gasteiger partial charge is 0.155 e. The molecule has 5 heteroatoms. The predicted octanol–water partition coefficient (Wildman–Crippen LogP) is 1.52. The lowest BCUT2D eigenvalue weighted by Gasteiger charge is -2.21. The molecule has 0 heterocycles. The van der Waals surface area contributed by atoms with Crippen molar-refractivity contribution in [1.82, 2.24) is 0 Å².